The van der Waals surface area contributed by atoms with Gasteiger partial charge in [0.2, 0.25) is 0 Å². The second kappa shape index (κ2) is 9.82. The Morgan fingerprint density at radius 2 is 1.50 bits per heavy atom. The van der Waals surface area contributed by atoms with Crippen LogP contribution in [0.5, 0.6) is 0 Å². The number of nitrogens with one attached hydrogen (secondary N) is 1. The SMILES string of the molecule is CNc1ccc(C=Cc2ccnc(C)c2)cc1.Cc1ccc(S(=O)(=O)O)cc1. The molecule has 0 radical (unpaired) electrons. The smallest absolute Gasteiger partial charge is 0.294 e. The molecule has 5 nitrogen and oxygen atoms in total. The molecule has 0 aliphatic heterocycles. The van der Waals surface area contributed by atoms with Gasteiger partial charge < -0.3 is 5.32 Å². The number of anilines is 1. The van der Waals surface area contributed by atoms with Gasteiger partial charge in [-0.25, -0.2) is 0 Å². The van der Waals surface area contributed by atoms with Gasteiger partial charge in [-0.3, -0.25) is 9.54 Å². The van der Waals surface area contributed by atoms with E-state index in [1.54, 1.807) is 12.1 Å². The summed E-state index contributed by atoms with van der Waals surface area (Å²) in [4.78, 5) is 4.11. The minimum atomic E-state index is -4.02. The highest BCUT2D eigenvalue weighted by molar-refractivity contribution is 7.85. The van der Waals surface area contributed by atoms with Crippen LogP contribution in [0.15, 0.2) is 71.8 Å². The summed E-state index contributed by atoms with van der Waals surface area (Å²) in [6.45, 7) is 3.84. The van der Waals surface area contributed by atoms with Crippen LogP contribution in [-0.4, -0.2) is 25.0 Å². The normalized spacial score (nSPS) is 11.0. The zero-order valence-electron chi connectivity index (χ0n) is 16.1. The zero-order valence-corrected chi connectivity index (χ0v) is 16.9. The molecular weight excluding hydrogens is 372 g/mol. The summed E-state index contributed by atoms with van der Waals surface area (Å²) < 4.78 is 29.6. The summed E-state index contributed by atoms with van der Waals surface area (Å²) in [5.74, 6) is 0. The van der Waals surface area contributed by atoms with Crippen molar-refractivity contribution < 1.29 is 13.0 Å². The van der Waals surface area contributed by atoms with E-state index in [0.717, 1.165) is 16.9 Å². The number of benzene rings is 2. The van der Waals surface area contributed by atoms with Crippen LogP contribution >= 0.6 is 0 Å². The Bertz CT molecular complexity index is 1030. The second-order valence-electron chi connectivity index (χ2n) is 6.22. The van der Waals surface area contributed by atoms with Crippen molar-refractivity contribution in [2.45, 2.75) is 18.7 Å². The standard InChI is InChI=1S/C15H16N2.C7H8O3S/c1-12-11-14(9-10-17-12)4-3-13-5-7-15(16-2)8-6-13;1-6-2-4-7(5-3-6)11(8,9)10/h3-11,16H,1-2H3;2-5H,1H3,(H,8,9,10). The third-order valence-corrected chi connectivity index (χ3v) is 4.78. The van der Waals surface area contributed by atoms with E-state index >= 15 is 0 Å². The molecule has 0 fully saturated rings. The molecule has 6 heteroatoms. The van der Waals surface area contributed by atoms with E-state index in [-0.39, 0.29) is 4.90 Å². The molecule has 0 aliphatic rings. The summed E-state index contributed by atoms with van der Waals surface area (Å²) in [7, 11) is -2.10. The number of rotatable bonds is 4. The van der Waals surface area contributed by atoms with Crippen molar-refractivity contribution in [3.63, 3.8) is 0 Å². The first-order valence-electron chi connectivity index (χ1n) is 8.70. The van der Waals surface area contributed by atoms with Crippen molar-refractivity contribution in [2.75, 3.05) is 12.4 Å². The van der Waals surface area contributed by atoms with E-state index in [0.29, 0.717) is 0 Å². The second-order valence-corrected chi connectivity index (χ2v) is 7.65. The molecule has 3 rings (SSSR count). The Hall–Kier alpha value is -2.96. The predicted molar refractivity (Wildman–Crippen MR) is 115 cm³/mol. The first-order valence-corrected chi connectivity index (χ1v) is 10.1. The van der Waals surface area contributed by atoms with Crippen LogP contribution in [0.2, 0.25) is 0 Å². The number of nitrogens with zero attached hydrogens (tertiary/aromatic N) is 1. The van der Waals surface area contributed by atoms with Gasteiger partial charge in [0.1, 0.15) is 0 Å². The Morgan fingerprint density at radius 3 is 2.04 bits per heavy atom. The molecule has 0 atom stereocenters. The van der Waals surface area contributed by atoms with E-state index in [4.69, 9.17) is 4.55 Å². The topological polar surface area (TPSA) is 79.3 Å². The number of pyridine rings is 1. The predicted octanol–water partition coefficient (Wildman–Crippen LogP) is 4.84. The lowest BCUT2D eigenvalue weighted by Crippen LogP contribution is -1.96. The fraction of sp³-hybridized carbons (Fsp3) is 0.136. The first kappa shape index (κ1) is 21.3. The number of hydrogen-bond donors (Lipinski definition) is 2. The van der Waals surface area contributed by atoms with E-state index < -0.39 is 10.1 Å². The van der Waals surface area contributed by atoms with Crippen molar-refractivity contribution in [1.82, 2.24) is 4.98 Å². The quantitative estimate of drug-likeness (QED) is 0.617. The van der Waals surface area contributed by atoms with Gasteiger partial charge in [0.05, 0.1) is 4.90 Å². The molecular formula is C22H24N2O3S. The Morgan fingerprint density at radius 1 is 0.893 bits per heavy atom. The van der Waals surface area contributed by atoms with E-state index in [9.17, 15) is 8.42 Å². The number of aromatic nitrogens is 1. The van der Waals surface area contributed by atoms with Crippen LogP contribution in [0.25, 0.3) is 12.2 Å². The minimum absolute atomic E-state index is 0.0666. The largest absolute Gasteiger partial charge is 0.388 e. The fourth-order valence-electron chi connectivity index (χ4n) is 2.33. The van der Waals surface area contributed by atoms with Crippen LogP contribution in [0.4, 0.5) is 5.69 Å². The highest BCUT2D eigenvalue weighted by atomic mass is 32.2. The molecule has 2 N–H and O–H groups in total. The summed E-state index contributed by atoms with van der Waals surface area (Å²) >= 11 is 0. The van der Waals surface area contributed by atoms with Crippen molar-refractivity contribution in [3.8, 4) is 0 Å². The van der Waals surface area contributed by atoms with Crippen molar-refractivity contribution in [3.05, 3.63) is 89.2 Å². The summed E-state index contributed by atoms with van der Waals surface area (Å²) in [6.07, 6.45) is 6.04. The first-order chi connectivity index (χ1) is 13.3. The lowest BCUT2D eigenvalue weighted by atomic mass is 10.1. The molecule has 1 heterocycles. The van der Waals surface area contributed by atoms with Gasteiger partial charge in [0.25, 0.3) is 10.1 Å². The third kappa shape index (κ3) is 6.98. The Kier molecular flexibility index (Phi) is 7.49. The number of aryl methyl sites for hydroxylation is 2. The van der Waals surface area contributed by atoms with Gasteiger partial charge >= 0.3 is 0 Å². The zero-order chi connectivity index (χ0) is 20.6. The van der Waals surface area contributed by atoms with E-state index in [1.807, 2.05) is 33.2 Å². The lowest BCUT2D eigenvalue weighted by Gasteiger charge is -1.99. The molecule has 0 aliphatic carbocycles. The maximum atomic E-state index is 10.5. The molecule has 146 valence electrons. The highest BCUT2D eigenvalue weighted by Crippen LogP contribution is 2.12. The molecule has 0 bridgehead atoms. The molecule has 3 aromatic rings. The van der Waals surface area contributed by atoms with Gasteiger partial charge in [-0.1, -0.05) is 42.0 Å². The molecule has 1 aromatic heterocycles. The molecule has 0 saturated carbocycles. The maximum Gasteiger partial charge on any atom is 0.294 e. The van der Waals surface area contributed by atoms with Gasteiger partial charge in [0, 0.05) is 24.6 Å². The fourth-order valence-corrected chi connectivity index (χ4v) is 2.81. The molecule has 0 unspecified atom stereocenters. The molecule has 0 spiro atoms. The van der Waals surface area contributed by atoms with Gasteiger partial charge in [-0.05, 0) is 61.4 Å². The van der Waals surface area contributed by atoms with Gasteiger partial charge in [-0.15, -0.1) is 0 Å². The molecule has 0 amide bonds. The molecule has 28 heavy (non-hydrogen) atoms. The van der Waals surface area contributed by atoms with Gasteiger partial charge in [0.15, 0.2) is 0 Å². The monoisotopic (exact) mass is 396 g/mol. The number of hydrogen-bond acceptors (Lipinski definition) is 4. The molecule has 0 saturated heterocycles. The van der Waals surface area contributed by atoms with Crippen LogP contribution in [0.1, 0.15) is 22.4 Å². The average molecular weight is 397 g/mol. The van der Waals surface area contributed by atoms with Crippen LogP contribution in [-0.2, 0) is 10.1 Å². The minimum Gasteiger partial charge on any atom is -0.388 e. The Labute approximate surface area is 166 Å². The van der Waals surface area contributed by atoms with Crippen molar-refractivity contribution >= 4 is 28.0 Å². The van der Waals surface area contributed by atoms with Crippen LogP contribution in [0, 0.1) is 13.8 Å². The lowest BCUT2D eigenvalue weighted by molar-refractivity contribution is 0.483. The Balaban J connectivity index is 0.000000221. The van der Waals surface area contributed by atoms with Gasteiger partial charge in [-0.2, -0.15) is 8.42 Å². The maximum absolute atomic E-state index is 10.5. The average Bonchev–Trinajstić information content (AvgIpc) is 2.67. The summed E-state index contributed by atoms with van der Waals surface area (Å²) in [5, 5.41) is 3.10. The molecule has 2 aromatic carbocycles. The van der Waals surface area contributed by atoms with E-state index in [1.165, 1.54) is 23.3 Å². The van der Waals surface area contributed by atoms with E-state index in [2.05, 4.69) is 52.8 Å². The van der Waals surface area contributed by atoms with Crippen molar-refractivity contribution in [1.29, 1.82) is 0 Å². The van der Waals surface area contributed by atoms with Crippen LogP contribution < -0.4 is 5.32 Å². The van der Waals surface area contributed by atoms with Crippen molar-refractivity contribution in [2.24, 2.45) is 0 Å². The third-order valence-electron chi connectivity index (χ3n) is 3.91. The van der Waals surface area contributed by atoms with Crippen LogP contribution in [0.3, 0.4) is 0 Å². The highest BCUT2D eigenvalue weighted by Gasteiger charge is 2.06. The summed E-state index contributed by atoms with van der Waals surface area (Å²) in [6, 6.07) is 18.4. The summed E-state index contributed by atoms with van der Waals surface area (Å²) in [5.41, 5.74) is 5.49.